The minimum Gasteiger partial charge on any atom is -0.311 e. The van der Waals surface area contributed by atoms with E-state index in [0.29, 0.717) is 5.92 Å². The van der Waals surface area contributed by atoms with E-state index < -0.39 is 0 Å². The summed E-state index contributed by atoms with van der Waals surface area (Å²) < 4.78 is 0. The number of benzene rings is 7. The van der Waals surface area contributed by atoms with Crippen molar-refractivity contribution >= 4 is 34.1 Å². The first-order valence-corrected chi connectivity index (χ1v) is 23.2. The van der Waals surface area contributed by atoms with Gasteiger partial charge in [0, 0.05) is 39.3 Å². The Hall–Kier alpha value is -5.86. The summed E-state index contributed by atoms with van der Waals surface area (Å²) in [5.74, 6) is 0.696. The Morgan fingerprint density at radius 3 is 1.59 bits per heavy atom. The molecule has 2 aliphatic rings. The fraction of sp³-hybridized carbons (Fsp3) is 0.288. The monoisotopic (exact) mass is 798 g/mol. The molecule has 0 heterocycles. The number of fused-ring (bicyclic) bond motifs is 3. The second-order valence-corrected chi connectivity index (χ2v) is 18.1. The van der Waals surface area contributed by atoms with Gasteiger partial charge in [-0.25, -0.2) is 0 Å². The Balaban J connectivity index is 1.09. The molecule has 0 aromatic heterocycles. The first-order chi connectivity index (χ1) is 29.9. The van der Waals surface area contributed by atoms with Gasteiger partial charge in [-0.2, -0.15) is 0 Å². The predicted octanol–water partition coefficient (Wildman–Crippen LogP) is 17.3. The lowest BCUT2D eigenvalue weighted by Gasteiger charge is -2.36. The Morgan fingerprint density at radius 2 is 1.00 bits per heavy atom. The van der Waals surface area contributed by atoms with Crippen LogP contribution in [0.2, 0.25) is 0 Å². The van der Waals surface area contributed by atoms with Crippen LogP contribution in [0.5, 0.6) is 0 Å². The number of unbranched alkanes of at least 4 members (excludes halogenated alkanes) is 2. The maximum absolute atomic E-state index is 2.48. The molecule has 61 heavy (non-hydrogen) atoms. The van der Waals surface area contributed by atoms with Crippen LogP contribution in [0.15, 0.2) is 176 Å². The van der Waals surface area contributed by atoms with Crippen molar-refractivity contribution in [3.05, 3.63) is 204 Å². The van der Waals surface area contributed by atoms with Gasteiger partial charge < -0.3 is 9.80 Å². The van der Waals surface area contributed by atoms with E-state index in [1.54, 1.807) is 0 Å². The fourth-order valence-corrected chi connectivity index (χ4v) is 10.9. The normalized spacial score (nSPS) is 15.4. The van der Waals surface area contributed by atoms with Gasteiger partial charge >= 0.3 is 0 Å². The molecule has 0 amide bonds. The van der Waals surface area contributed by atoms with Gasteiger partial charge in [-0.3, -0.25) is 0 Å². The molecular formula is C59H62N2. The van der Waals surface area contributed by atoms with Gasteiger partial charge in [0.15, 0.2) is 0 Å². The maximum atomic E-state index is 2.48. The smallest absolute Gasteiger partial charge is 0.0508 e. The van der Waals surface area contributed by atoms with Gasteiger partial charge in [0.05, 0.1) is 5.69 Å². The summed E-state index contributed by atoms with van der Waals surface area (Å²) in [6.07, 6.45) is 12.5. The molecule has 7 aromatic carbocycles. The summed E-state index contributed by atoms with van der Waals surface area (Å²) in [5, 5.41) is 0. The number of para-hydroxylation sites is 2. The molecule has 0 spiro atoms. The number of rotatable bonds is 14. The zero-order valence-electron chi connectivity index (χ0n) is 36.8. The van der Waals surface area contributed by atoms with E-state index in [2.05, 4.69) is 213 Å². The van der Waals surface area contributed by atoms with Crippen molar-refractivity contribution in [1.29, 1.82) is 0 Å². The molecule has 0 N–H and O–H groups in total. The van der Waals surface area contributed by atoms with Crippen molar-refractivity contribution in [1.82, 2.24) is 0 Å². The molecular weight excluding hydrogens is 737 g/mol. The van der Waals surface area contributed by atoms with Crippen molar-refractivity contribution in [3.63, 3.8) is 0 Å². The SMILES string of the molecule is CCCCCC(CC)(c1ccc(N(c2ccccc2)c2ccc(C3CCCCC3)cc2)cc1)c1ccc(N(c2ccccc2)c2cccc3c2C(C)(C)c2ccccc2-3)cc1. The molecule has 9 rings (SSSR count). The van der Waals surface area contributed by atoms with E-state index in [4.69, 9.17) is 0 Å². The van der Waals surface area contributed by atoms with Crippen LogP contribution in [0.3, 0.4) is 0 Å². The van der Waals surface area contributed by atoms with Crippen LogP contribution in [0.25, 0.3) is 11.1 Å². The van der Waals surface area contributed by atoms with Gasteiger partial charge in [-0.05, 0) is 137 Å². The van der Waals surface area contributed by atoms with Gasteiger partial charge in [-0.1, -0.05) is 175 Å². The molecule has 0 aliphatic heterocycles. The Bertz CT molecular complexity index is 2510. The first kappa shape index (κ1) is 40.5. The lowest BCUT2D eigenvalue weighted by molar-refractivity contribution is 0.431. The molecule has 1 unspecified atom stereocenters. The summed E-state index contributed by atoms with van der Waals surface area (Å²) in [5.41, 5.74) is 16.7. The zero-order valence-corrected chi connectivity index (χ0v) is 36.8. The predicted molar refractivity (Wildman–Crippen MR) is 261 cm³/mol. The van der Waals surface area contributed by atoms with Crippen LogP contribution in [-0.4, -0.2) is 0 Å². The number of hydrogen-bond donors (Lipinski definition) is 0. The third kappa shape index (κ3) is 7.71. The van der Waals surface area contributed by atoms with Crippen molar-refractivity contribution in [2.45, 2.75) is 109 Å². The molecule has 0 bridgehead atoms. The molecule has 1 fully saturated rings. The summed E-state index contributed by atoms with van der Waals surface area (Å²) in [6.45, 7) is 9.48. The number of hydrogen-bond acceptors (Lipinski definition) is 2. The highest BCUT2D eigenvalue weighted by Gasteiger charge is 2.39. The van der Waals surface area contributed by atoms with Crippen LogP contribution < -0.4 is 9.80 Å². The van der Waals surface area contributed by atoms with Crippen molar-refractivity contribution < 1.29 is 0 Å². The average Bonchev–Trinajstić information content (AvgIpc) is 3.56. The summed E-state index contributed by atoms with van der Waals surface area (Å²) in [4.78, 5) is 4.90. The second-order valence-electron chi connectivity index (χ2n) is 18.1. The van der Waals surface area contributed by atoms with Crippen LogP contribution >= 0.6 is 0 Å². The quantitative estimate of drug-likeness (QED) is 0.101. The number of anilines is 6. The van der Waals surface area contributed by atoms with E-state index in [9.17, 15) is 0 Å². The minimum atomic E-state index is -0.132. The molecule has 7 aromatic rings. The molecule has 1 saturated carbocycles. The Labute approximate surface area is 365 Å². The molecule has 0 saturated heterocycles. The van der Waals surface area contributed by atoms with Crippen molar-refractivity contribution in [2.75, 3.05) is 9.80 Å². The lowest BCUT2D eigenvalue weighted by atomic mass is 9.69. The van der Waals surface area contributed by atoms with E-state index in [0.717, 1.165) is 12.8 Å². The summed E-state index contributed by atoms with van der Waals surface area (Å²) in [6, 6.07) is 66.3. The van der Waals surface area contributed by atoms with Crippen molar-refractivity contribution in [3.8, 4) is 11.1 Å². The minimum absolute atomic E-state index is 0.110. The summed E-state index contributed by atoms with van der Waals surface area (Å²) in [7, 11) is 0. The molecule has 1 atom stereocenters. The second kappa shape index (κ2) is 17.6. The highest BCUT2D eigenvalue weighted by molar-refractivity contribution is 5.90. The molecule has 2 heteroatoms. The highest BCUT2D eigenvalue weighted by atomic mass is 15.1. The fourth-order valence-electron chi connectivity index (χ4n) is 10.9. The Kier molecular flexibility index (Phi) is 11.7. The van der Waals surface area contributed by atoms with E-state index >= 15 is 0 Å². The van der Waals surface area contributed by atoms with Gasteiger partial charge in [0.1, 0.15) is 0 Å². The van der Waals surface area contributed by atoms with E-state index in [1.165, 1.54) is 124 Å². The van der Waals surface area contributed by atoms with E-state index in [-0.39, 0.29) is 10.8 Å². The lowest BCUT2D eigenvalue weighted by Crippen LogP contribution is -2.27. The molecule has 2 nitrogen and oxygen atoms in total. The largest absolute Gasteiger partial charge is 0.311 e. The first-order valence-electron chi connectivity index (χ1n) is 23.2. The molecule has 0 radical (unpaired) electrons. The van der Waals surface area contributed by atoms with Gasteiger partial charge in [0.2, 0.25) is 0 Å². The average molecular weight is 799 g/mol. The summed E-state index contributed by atoms with van der Waals surface area (Å²) >= 11 is 0. The van der Waals surface area contributed by atoms with Crippen LogP contribution in [0.1, 0.15) is 126 Å². The van der Waals surface area contributed by atoms with E-state index in [1.807, 2.05) is 0 Å². The van der Waals surface area contributed by atoms with Crippen LogP contribution in [0.4, 0.5) is 34.1 Å². The molecule has 308 valence electrons. The van der Waals surface area contributed by atoms with Crippen LogP contribution in [-0.2, 0) is 10.8 Å². The molecule has 2 aliphatic carbocycles. The number of nitrogens with zero attached hydrogens (tertiary/aromatic N) is 2. The highest BCUT2D eigenvalue weighted by Crippen LogP contribution is 2.54. The van der Waals surface area contributed by atoms with Gasteiger partial charge in [-0.15, -0.1) is 0 Å². The zero-order chi connectivity index (χ0) is 41.8. The van der Waals surface area contributed by atoms with Gasteiger partial charge in [0.25, 0.3) is 0 Å². The Morgan fingerprint density at radius 1 is 0.492 bits per heavy atom. The standard InChI is InChI=1S/C59H62N2/c1-5-7-19-43-59(6-2,46-33-39-51(40-34-46)60(48-23-13-9-14-24-48)50-37-31-45(32-38-50)44-21-11-8-12-22-44)47-35-41-52(42-36-47)61(49-25-15-10-16-26-49)56-30-20-28-54-53-27-17-18-29-55(53)58(3,4)57(54)56/h9-10,13-18,20,23-42,44H,5-8,11-12,19,21-22,43H2,1-4H3. The maximum Gasteiger partial charge on any atom is 0.0508 e. The third-order valence-electron chi connectivity index (χ3n) is 14.2. The topological polar surface area (TPSA) is 6.48 Å². The van der Waals surface area contributed by atoms with Crippen molar-refractivity contribution in [2.24, 2.45) is 0 Å². The third-order valence-corrected chi connectivity index (χ3v) is 14.2. The van der Waals surface area contributed by atoms with Crippen LogP contribution in [0, 0.1) is 0 Å².